The van der Waals surface area contributed by atoms with E-state index >= 15 is 0 Å². The van der Waals surface area contributed by atoms with Crippen LogP contribution in [0, 0.1) is 0 Å². The van der Waals surface area contributed by atoms with Crippen LogP contribution in [0.1, 0.15) is 10.4 Å². The Labute approximate surface area is 174 Å². The third-order valence-electron chi connectivity index (χ3n) is 3.97. The van der Waals surface area contributed by atoms with E-state index in [4.69, 9.17) is 0 Å². The van der Waals surface area contributed by atoms with Crippen molar-refractivity contribution >= 4 is 21.6 Å². The zero-order chi connectivity index (χ0) is 22.6. The number of hydrogen-bond acceptors (Lipinski definition) is 5. The first-order valence-corrected chi connectivity index (χ1v) is 10.2. The van der Waals surface area contributed by atoms with Gasteiger partial charge in [-0.25, -0.2) is 13.5 Å². The fourth-order valence-electron chi connectivity index (χ4n) is 2.53. The molecule has 162 valence electrons. The highest BCUT2D eigenvalue weighted by Crippen LogP contribution is 2.22. The van der Waals surface area contributed by atoms with Crippen LogP contribution in [-0.2, 0) is 10.0 Å². The summed E-state index contributed by atoms with van der Waals surface area (Å²) >= 11 is 0. The van der Waals surface area contributed by atoms with Gasteiger partial charge in [0.25, 0.3) is 21.5 Å². The molecule has 1 heterocycles. The molecule has 0 bridgehead atoms. The van der Waals surface area contributed by atoms with Crippen LogP contribution in [0.15, 0.2) is 70.4 Å². The molecule has 3 N–H and O–H groups in total. The molecule has 3 aromatic rings. The number of benzene rings is 2. The lowest BCUT2D eigenvalue weighted by molar-refractivity contribution is -0.123. The summed E-state index contributed by atoms with van der Waals surface area (Å²) in [6.07, 6.45) is -4.55. The van der Waals surface area contributed by atoms with Crippen molar-refractivity contribution < 1.29 is 26.4 Å². The number of rotatable bonds is 6. The molecule has 0 radical (unpaired) electrons. The quantitative estimate of drug-likeness (QED) is 0.531. The zero-order valence-electron chi connectivity index (χ0n) is 15.6. The fraction of sp³-hybridized carbons (Fsp3) is 0.105. The number of amides is 1. The minimum atomic E-state index is -4.55. The fourth-order valence-corrected chi connectivity index (χ4v) is 3.58. The summed E-state index contributed by atoms with van der Waals surface area (Å²) < 4.78 is 64.2. The maximum Gasteiger partial charge on any atom is 0.405 e. The third-order valence-corrected chi connectivity index (χ3v) is 5.36. The first-order valence-electron chi connectivity index (χ1n) is 8.67. The van der Waals surface area contributed by atoms with Gasteiger partial charge in [0.1, 0.15) is 6.54 Å². The number of aromatic nitrogens is 2. The van der Waals surface area contributed by atoms with Crippen LogP contribution >= 0.6 is 0 Å². The van der Waals surface area contributed by atoms with Gasteiger partial charge in [-0.2, -0.15) is 18.3 Å². The van der Waals surface area contributed by atoms with Crippen LogP contribution in [0.25, 0.3) is 11.3 Å². The number of alkyl halides is 3. The molecule has 0 aliphatic heterocycles. The van der Waals surface area contributed by atoms with Gasteiger partial charge in [-0.3, -0.25) is 14.3 Å². The molecule has 0 fully saturated rings. The van der Waals surface area contributed by atoms with Gasteiger partial charge in [-0.1, -0.05) is 12.1 Å². The van der Waals surface area contributed by atoms with Gasteiger partial charge in [0, 0.05) is 22.9 Å². The summed E-state index contributed by atoms with van der Waals surface area (Å²) in [6, 6.07) is 13.5. The molecule has 31 heavy (non-hydrogen) atoms. The molecule has 0 saturated carbocycles. The third kappa shape index (κ3) is 5.92. The molecule has 12 heteroatoms. The monoisotopic (exact) mass is 452 g/mol. The smallest absolute Gasteiger partial charge is 0.343 e. The van der Waals surface area contributed by atoms with Gasteiger partial charge in [-0.15, -0.1) is 0 Å². The highest BCUT2D eigenvalue weighted by Gasteiger charge is 2.28. The molecule has 2 aromatic carbocycles. The van der Waals surface area contributed by atoms with Crippen LogP contribution in [0.4, 0.5) is 18.9 Å². The average molecular weight is 452 g/mol. The number of nitrogens with zero attached hydrogens (tertiary/aromatic N) is 1. The summed E-state index contributed by atoms with van der Waals surface area (Å²) in [7, 11) is -4.04. The number of halogens is 3. The number of carbonyl (C=O) groups is 1. The molecular formula is C19H15F3N4O4S. The number of nitrogens with one attached hydrogen (secondary N) is 3. The molecule has 1 amide bonds. The van der Waals surface area contributed by atoms with E-state index in [9.17, 15) is 31.2 Å². The summed E-state index contributed by atoms with van der Waals surface area (Å²) in [5, 5.41) is 7.87. The molecule has 0 spiro atoms. The Kier molecular flexibility index (Phi) is 6.11. The van der Waals surface area contributed by atoms with Crippen molar-refractivity contribution in [3.05, 3.63) is 76.6 Å². The number of aromatic amines is 1. The highest BCUT2D eigenvalue weighted by molar-refractivity contribution is 7.92. The van der Waals surface area contributed by atoms with E-state index in [2.05, 4.69) is 14.9 Å². The topological polar surface area (TPSA) is 121 Å². The van der Waals surface area contributed by atoms with Crippen LogP contribution in [0.5, 0.6) is 0 Å². The highest BCUT2D eigenvalue weighted by atomic mass is 32.2. The number of hydrogen-bond donors (Lipinski definition) is 3. The lowest BCUT2D eigenvalue weighted by Crippen LogP contribution is -2.33. The van der Waals surface area contributed by atoms with Crippen molar-refractivity contribution in [2.24, 2.45) is 0 Å². The van der Waals surface area contributed by atoms with Gasteiger partial charge < -0.3 is 5.32 Å². The molecule has 8 nitrogen and oxygen atoms in total. The van der Waals surface area contributed by atoms with E-state index < -0.39 is 28.7 Å². The maximum absolute atomic E-state index is 12.6. The van der Waals surface area contributed by atoms with Gasteiger partial charge in [0.05, 0.1) is 10.6 Å². The standard InChI is InChI=1S/C19H15F3N4O4S/c20-19(21,22)11-23-18(28)12-4-6-15(7-5-12)31(29,30)26-14-3-1-2-13(10-14)16-8-9-17(27)25-24-16/h1-10,26H,11H2,(H,23,28)(H,25,27). The van der Waals surface area contributed by atoms with Crippen LogP contribution < -0.4 is 15.6 Å². The van der Waals surface area contributed by atoms with Crippen molar-refractivity contribution in [2.45, 2.75) is 11.1 Å². The number of carbonyl (C=O) groups excluding carboxylic acids is 1. The van der Waals surface area contributed by atoms with Gasteiger partial charge in [0.2, 0.25) is 0 Å². The molecule has 0 aliphatic rings. The predicted octanol–water partition coefficient (Wildman–Crippen LogP) is 2.53. The Balaban J connectivity index is 1.75. The summed E-state index contributed by atoms with van der Waals surface area (Å²) in [5.41, 5.74) is 0.700. The van der Waals surface area contributed by atoms with E-state index in [0.29, 0.717) is 11.3 Å². The van der Waals surface area contributed by atoms with Crippen LogP contribution in [-0.4, -0.2) is 37.2 Å². The largest absolute Gasteiger partial charge is 0.405 e. The van der Waals surface area contributed by atoms with Crippen molar-refractivity contribution in [2.75, 3.05) is 11.3 Å². The molecule has 1 aromatic heterocycles. The van der Waals surface area contributed by atoms with Gasteiger partial charge in [0.15, 0.2) is 0 Å². The molecular weight excluding hydrogens is 437 g/mol. The van der Waals surface area contributed by atoms with E-state index in [1.807, 2.05) is 0 Å². The second-order valence-electron chi connectivity index (χ2n) is 6.31. The molecule has 3 rings (SSSR count). The minimum Gasteiger partial charge on any atom is -0.343 e. The normalized spacial score (nSPS) is 11.7. The van der Waals surface area contributed by atoms with Crippen molar-refractivity contribution in [1.82, 2.24) is 15.5 Å². The van der Waals surface area contributed by atoms with Crippen molar-refractivity contribution in [3.63, 3.8) is 0 Å². The Morgan fingerprint density at radius 1 is 1.03 bits per heavy atom. The molecule has 0 saturated heterocycles. The van der Waals surface area contributed by atoms with Crippen molar-refractivity contribution in [3.8, 4) is 11.3 Å². The second kappa shape index (κ2) is 8.60. The van der Waals surface area contributed by atoms with E-state index in [-0.39, 0.29) is 21.7 Å². The predicted molar refractivity (Wildman–Crippen MR) is 106 cm³/mol. The minimum absolute atomic E-state index is 0.116. The first-order chi connectivity index (χ1) is 14.5. The van der Waals surface area contributed by atoms with Gasteiger partial charge in [-0.05, 0) is 42.5 Å². The molecule has 0 unspecified atom stereocenters. The number of H-pyrrole nitrogens is 1. The van der Waals surface area contributed by atoms with Crippen LogP contribution in [0.3, 0.4) is 0 Å². The molecule has 0 atom stereocenters. The van der Waals surface area contributed by atoms with E-state index in [1.54, 1.807) is 17.4 Å². The van der Waals surface area contributed by atoms with Crippen LogP contribution in [0.2, 0.25) is 0 Å². The Hall–Kier alpha value is -3.67. The summed E-state index contributed by atoms with van der Waals surface area (Å²) in [4.78, 5) is 22.7. The average Bonchev–Trinajstić information content (AvgIpc) is 2.72. The Bertz CT molecular complexity index is 1240. The van der Waals surface area contributed by atoms with Gasteiger partial charge >= 0.3 is 6.18 Å². The SMILES string of the molecule is O=C(NCC(F)(F)F)c1ccc(S(=O)(=O)Nc2cccc(-c3ccc(=O)[nH]n3)c2)cc1. The second-order valence-corrected chi connectivity index (χ2v) is 8.00. The molecule has 0 aliphatic carbocycles. The zero-order valence-corrected chi connectivity index (χ0v) is 16.4. The number of sulfonamides is 1. The van der Waals surface area contributed by atoms with E-state index in [1.165, 1.54) is 24.3 Å². The maximum atomic E-state index is 12.6. The summed E-state index contributed by atoms with van der Waals surface area (Å²) in [6.45, 7) is -1.49. The Morgan fingerprint density at radius 2 is 1.74 bits per heavy atom. The lowest BCUT2D eigenvalue weighted by Gasteiger charge is -2.11. The first kappa shape index (κ1) is 22.0. The van der Waals surface area contributed by atoms with E-state index in [0.717, 1.165) is 24.3 Å². The Morgan fingerprint density at radius 3 is 2.35 bits per heavy atom. The number of anilines is 1. The van der Waals surface area contributed by atoms with Crippen molar-refractivity contribution in [1.29, 1.82) is 0 Å². The lowest BCUT2D eigenvalue weighted by atomic mass is 10.1. The summed E-state index contributed by atoms with van der Waals surface area (Å²) in [5.74, 6) is -0.977.